The first kappa shape index (κ1) is 13.0. The summed E-state index contributed by atoms with van der Waals surface area (Å²) in [6.07, 6.45) is 0.194. The number of amides is 1. The van der Waals surface area contributed by atoms with Crippen molar-refractivity contribution in [1.82, 2.24) is 0 Å². The van der Waals surface area contributed by atoms with Crippen molar-refractivity contribution in [3.05, 3.63) is 50.7 Å². The minimum atomic E-state index is -0.614. The molecule has 0 spiro atoms. The number of hydrogen-bond donors (Lipinski definition) is 2. The molecule has 1 aromatic carbocycles. The van der Waals surface area contributed by atoms with Gasteiger partial charge in [-0.25, -0.2) is 0 Å². The average molecular weight is 278 g/mol. The summed E-state index contributed by atoms with van der Waals surface area (Å²) in [5.74, 6) is -0.615. The van der Waals surface area contributed by atoms with E-state index >= 15 is 0 Å². The average Bonchev–Trinajstić information content (AvgIpc) is 2.84. The van der Waals surface area contributed by atoms with Crippen molar-refractivity contribution in [2.45, 2.75) is 6.42 Å². The highest BCUT2D eigenvalue weighted by Crippen LogP contribution is 2.27. The fraction of sp³-hybridized carbons (Fsp3) is 0.0833. The fourth-order valence-electron chi connectivity index (χ4n) is 1.51. The van der Waals surface area contributed by atoms with E-state index in [9.17, 15) is 20.0 Å². The fourth-order valence-corrected chi connectivity index (χ4v) is 2.18. The molecule has 0 fully saturated rings. The molecular weight excluding hydrogens is 268 g/mol. The van der Waals surface area contributed by atoms with Gasteiger partial charge in [0.25, 0.3) is 5.69 Å². The Balaban J connectivity index is 2.07. The number of carbonyl (C=O) groups excluding carboxylic acids is 1. The molecule has 0 bridgehead atoms. The Bertz CT molecular complexity index is 610. The maximum atomic E-state index is 11.7. The highest BCUT2D eigenvalue weighted by molar-refractivity contribution is 7.08. The lowest BCUT2D eigenvalue weighted by molar-refractivity contribution is -0.384. The number of non-ortho nitro benzene ring substituents is 1. The second-order valence-corrected chi connectivity index (χ2v) is 4.60. The molecule has 1 heterocycles. The van der Waals surface area contributed by atoms with Gasteiger partial charge in [-0.05, 0) is 28.5 Å². The summed E-state index contributed by atoms with van der Waals surface area (Å²) in [5, 5.41) is 26.3. The van der Waals surface area contributed by atoms with Crippen LogP contribution in [0.5, 0.6) is 5.75 Å². The summed E-state index contributed by atoms with van der Waals surface area (Å²) in [6.45, 7) is 0. The van der Waals surface area contributed by atoms with Crippen LogP contribution >= 0.6 is 11.3 Å². The van der Waals surface area contributed by atoms with Crippen molar-refractivity contribution < 1.29 is 14.8 Å². The van der Waals surface area contributed by atoms with Gasteiger partial charge in [-0.3, -0.25) is 14.9 Å². The van der Waals surface area contributed by atoms with E-state index < -0.39 is 4.92 Å². The van der Waals surface area contributed by atoms with Crippen molar-refractivity contribution in [3.8, 4) is 5.75 Å². The highest BCUT2D eigenvalue weighted by Gasteiger charge is 2.12. The van der Waals surface area contributed by atoms with Gasteiger partial charge in [0.05, 0.1) is 23.1 Å². The molecule has 0 saturated heterocycles. The summed E-state index contributed by atoms with van der Waals surface area (Å²) in [4.78, 5) is 21.6. The van der Waals surface area contributed by atoms with E-state index in [1.54, 1.807) is 0 Å². The topological polar surface area (TPSA) is 92.5 Å². The zero-order chi connectivity index (χ0) is 13.8. The van der Waals surface area contributed by atoms with E-state index in [2.05, 4.69) is 5.32 Å². The van der Waals surface area contributed by atoms with Crippen LogP contribution in [0.25, 0.3) is 0 Å². The van der Waals surface area contributed by atoms with Gasteiger partial charge in [-0.1, -0.05) is 0 Å². The summed E-state index contributed by atoms with van der Waals surface area (Å²) >= 11 is 1.49. The van der Waals surface area contributed by atoms with E-state index in [4.69, 9.17) is 0 Å². The van der Waals surface area contributed by atoms with Gasteiger partial charge in [0, 0.05) is 6.07 Å². The largest absolute Gasteiger partial charge is 0.506 e. The molecule has 1 amide bonds. The van der Waals surface area contributed by atoms with Crippen molar-refractivity contribution in [2.75, 3.05) is 5.32 Å². The first-order valence-electron chi connectivity index (χ1n) is 5.34. The van der Waals surface area contributed by atoms with Crippen LogP contribution in [-0.2, 0) is 11.2 Å². The van der Waals surface area contributed by atoms with E-state index in [0.717, 1.165) is 11.6 Å². The number of nitrogens with zero attached hydrogens (tertiary/aromatic N) is 1. The summed E-state index contributed by atoms with van der Waals surface area (Å²) in [5.41, 5.74) is 0.808. The lowest BCUT2D eigenvalue weighted by Gasteiger charge is -2.06. The number of thiophene rings is 1. The summed E-state index contributed by atoms with van der Waals surface area (Å²) < 4.78 is 0. The number of anilines is 1. The van der Waals surface area contributed by atoms with Gasteiger partial charge in [-0.2, -0.15) is 11.3 Å². The Morgan fingerprint density at radius 1 is 1.42 bits per heavy atom. The second kappa shape index (κ2) is 5.49. The van der Waals surface area contributed by atoms with Gasteiger partial charge in [-0.15, -0.1) is 0 Å². The number of aromatic hydroxyl groups is 1. The third-order valence-electron chi connectivity index (χ3n) is 2.41. The lowest BCUT2D eigenvalue weighted by Crippen LogP contribution is -2.14. The quantitative estimate of drug-likeness (QED) is 0.510. The van der Waals surface area contributed by atoms with Crippen molar-refractivity contribution in [1.29, 1.82) is 0 Å². The standard InChI is InChI=1S/C12H10N2O4S/c15-11-6-9(14(17)18)1-2-10(11)13-12(16)5-8-3-4-19-7-8/h1-4,6-7,15H,5H2,(H,13,16). The molecule has 2 N–H and O–H groups in total. The predicted molar refractivity (Wildman–Crippen MR) is 71.4 cm³/mol. The van der Waals surface area contributed by atoms with E-state index in [1.807, 2.05) is 16.8 Å². The van der Waals surface area contributed by atoms with E-state index in [1.165, 1.54) is 23.5 Å². The first-order valence-corrected chi connectivity index (χ1v) is 6.29. The Kier molecular flexibility index (Phi) is 3.76. The monoisotopic (exact) mass is 278 g/mol. The van der Waals surface area contributed by atoms with Gasteiger partial charge in [0.15, 0.2) is 0 Å². The minimum Gasteiger partial charge on any atom is -0.506 e. The Labute approximate surface area is 112 Å². The number of nitro benzene ring substituents is 1. The van der Waals surface area contributed by atoms with Gasteiger partial charge in [0.2, 0.25) is 5.91 Å². The van der Waals surface area contributed by atoms with Crippen LogP contribution < -0.4 is 5.32 Å². The third kappa shape index (κ3) is 3.29. The number of hydrogen-bond acceptors (Lipinski definition) is 5. The number of rotatable bonds is 4. The lowest BCUT2D eigenvalue weighted by atomic mass is 10.2. The molecule has 1 aromatic heterocycles. The van der Waals surface area contributed by atoms with Crippen LogP contribution in [0.1, 0.15) is 5.56 Å². The Morgan fingerprint density at radius 3 is 2.79 bits per heavy atom. The van der Waals surface area contributed by atoms with Crippen LogP contribution in [-0.4, -0.2) is 15.9 Å². The van der Waals surface area contributed by atoms with E-state index in [0.29, 0.717) is 0 Å². The molecule has 98 valence electrons. The molecule has 6 nitrogen and oxygen atoms in total. The van der Waals surface area contributed by atoms with Gasteiger partial charge >= 0.3 is 0 Å². The van der Waals surface area contributed by atoms with Crippen molar-refractivity contribution in [2.24, 2.45) is 0 Å². The van der Waals surface area contributed by atoms with Crippen LogP contribution in [0.3, 0.4) is 0 Å². The third-order valence-corrected chi connectivity index (χ3v) is 3.14. The van der Waals surface area contributed by atoms with Crippen LogP contribution in [0, 0.1) is 10.1 Å². The molecule has 2 aromatic rings. The first-order chi connectivity index (χ1) is 9.06. The maximum absolute atomic E-state index is 11.7. The second-order valence-electron chi connectivity index (χ2n) is 3.82. The smallest absolute Gasteiger partial charge is 0.273 e. The molecule has 0 aliphatic heterocycles. The van der Waals surface area contributed by atoms with Crippen molar-refractivity contribution in [3.63, 3.8) is 0 Å². The normalized spacial score (nSPS) is 10.1. The van der Waals surface area contributed by atoms with Crippen LogP contribution in [0.15, 0.2) is 35.0 Å². The van der Waals surface area contributed by atoms with Crippen LogP contribution in [0.4, 0.5) is 11.4 Å². The zero-order valence-electron chi connectivity index (χ0n) is 9.70. The molecule has 0 saturated carbocycles. The molecule has 0 aliphatic carbocycles. The number of phenolic OH excluding ortho intramolecular Hbond substituents is 1. The van der Waals surface area contributed by atoms with Crippen molar-refractivity contribution >= 4 is 28.6 Å². The molecule has 7 heteroatoms. The summed E-state index contributed by atoms with van der Waals surface area (Å²) in [6, 6.07) is 5.36. The predicted octanol–water partition coefficient (Wildman–Crippen LogP) is 2.54. The van der Waals surface area contributed by atoms with Crippen LogP contribution in [0.2, 0.25) is 0 Å². The number of carbonyl (C=O) groups is 1. The van der Waals surface area contributed by atoms with Gasteiger partial charge < -0.3 is 10.4 Å². The summed E-state index contributed by atoms with van der Waals surface area (Å²) in [7, 11) is 0. The number of nitro groups is 1. The molecule has 19 heavy (non-hydrogen) atoms. The number of phenols is 1. The maximum Gasteiger partial charge on any atom is 0.273 e. The minimum absolute atomic E-state index is 0.158. The van der Waals surface area contributed by atoms with E-state index in [-0.39, 0.29) is 29.5 Å². The Hall–Kier alpha value is -2.41. The molecule has 2 rings (SSSR count). The molecule has 0 unspecified atom stereocenters. The SMILES string of the molecule is O=C(Cc1ccsc1)Nc1ccc([N+](=O)[O-])cc1O. The zero-order valence-corrected chi connectivity index (χ0v) is 10.5. The number of benzene rings is 1. The molecule has 0 atom stereocenters. The molecule has 0 aliphatic rings. The highest BCUT2D eigenvalue weighted by atomic mass is 32.1. The van der Waals surface area contributed by atoms with Gasteiger partial charge in [0.1, 0.15) is 5.75 Å². The molecule has 0 radical (unpaired) electrons. The Morgan fingerprint density at radius 2 is 2.21 bits per heavy atom. The molecular formula is C12H10N2O4S. The number of nitrogens with one attached hydrogen (secondary N) is 1.